The van der Waals surface area contributed by atoms with Crippen LogP contribution in [0.1, 0.15) is 18.4 Å². The smallest absolute Gasteiger partial charge is 0.234 e. The Labute approximate surface area is 143 Å². The molecule has 3 rings (SSSR count). The summed E-state index contributed by atoms with van der Waals surface area (Å²) in [6, 6.07) is 5.40. The lowest BCUT2D eigenvalue weighted by Gasteiger charge is -2.18. The predicted molar refractivity (Wildman–Crippen MR) is 89.3 cm³/mol. The number of aromatic nitrogens is 4. The molecule has 0 saturated heterocycles. The van der Waals surface area contributed by atoms with Crippen LogP contribution in [0.3, 0.4) is 0 Å². The van der Waals surface area contributed by atoms with Crippen LogP contribution in [0.15, 0.2) is 41.3 Å². The summed E-state index contributed by atoms with van der Waals surface area (Å²) < 4.78 is 6.71. The van der Waals surface area contributed by atoms with Crippen LogP contribution in [-0.2, 0) is 11.2 Å². The number of pyridine rings is 1. The SMILES string of the molecule is CCN(C(=O)Cc1cc(C)no1)c1cn(-c2cccnc2)nc1Cl. The summed E-state index contributed by atoms with van der Waals surface area (Å²) in [4.78, 5) is 18.2. The molecule has 0 aliphatic carbocycles. The fraction of sp³-hybridized carbons (Fsp3) is 0.250. The largest absolute Gasteiger partial charge is 0.361 e. The fourth-order valence-electron chi connectivity index (χ4n) is 2.37. The Morgan fingerprint density at radius 1 is 1.46 bits per heavy atom. The molecule has 0 N–H and O–H groups in total. The Morgan fingerprint density at radius 2 is 2.29 bits per heavy atom. The molecule has 3 aromatic heterocycles. The van der Waals surface area contributed by atoms with E-state index in [1.165, 1.54) is 0 Å². The van der Waals surface area contributed by atoms with Crippen molar-refractivity contribution in [2.24, 2.45) is 0 Å². The quantitative estimate of drug-likeness (QED) is 0.710. The molecule has 24 heavy (non-hydrogen) atoms. The highest BCUT2D eigenvalue weighted by atomic mass is 35.5. The summed E-state index contributed by atoms with van der Waals surface area (Å²) in [7, 11) is 0. The van der Waals surface area contributed by atoms with Gasteiger partial charge in [0.05, 0.1) is 30.2 Å². The van der Waals surface area contributed by atoms with Gasteiger partial charge in [-0.3, -0.25) is 9.78 Å². The number of carbonyl (C=O) groups is 1. The van der Waals surface area contributed by atoms with Gasteiger partial charge in [-0.25, -0.2) is 4.68 Å². The van der Waals surface area contributed by atoms with E-state index >= 15 is 0 Å². The zero-order chi connectivity index (χ0) is 17.1. The van der Waals surface area contributed by atoms with E-state index < -0.39 is 0 Å². The monoisotopic (exact) mass is 345 g/mol. The highest BCUT2D eigenvalue weighted by Gasteiger charge is 2.21. The van der Waals surface area contributed by atoms with Crippen molar-refractivity contribution in [3.05, 3.63) is 53.4 Å². The fourth-order valence-corrected chi connectivity index (χ4v) is 2.60. The highest BCUT2D eigenvalue weighted by molar-refractivity contribution is 6.32. The molecule has 0 aromatic carbocycles. The van der Waals surface area contributed by atoms with Crippen LogP contribution in [-0.4, -0.2) is 32.4 Å². The van der Waals surface area contributed by atoms with Crippen LogP contribution in [0.2, 0.25) is 5.15 Å². The summed E-state index contributed by atoms with van der Waals surface area (Å²) in [5.41, 5.74) is 2.05. The maximum absolute atomic E-state index is 12.6. The van der Waals surface area contributed by atoms with Gasteiger partial charge in [0.2, 0.25) is 5.91 Å². The van der Waals surface area contributed by atoms with E-state index in [9.17, 15) is 4.79 Å². The number of rotatable bonds is 5. The second-order valence-electron chi connectivity index (χ2n) is 5.21. The maximum Gasteiger partial charge on any atom is 0.234 e. The molecule has 3 heterocycles. The summed E-state index contributed by atoms with van der Waals surface area (Å²) >= 11 is 6.24. The van der Waals surface area contributed by atoms with E-state index in [-0.39, 0.29) is 17.5 Å². The zero-order valence-electron chi connectivity index (χ0n) is 13.3. The van der Waals surface area contributed by atoms with Crippen LogP contribution in [0.4, 0.5) is 5.69 Å². The Kier molecular flexibility index (Phi) is 4.61. The van der Waals surface area contributed by atoms with Gasteiger partial charge in [0, 0.05) is 18.8 Å². The van der Waals surface area contributed by atoms with Gasteiger partial charge in [-0.1, -0.05) is 16.8 Å². The van der Waals surface area contributed by atoms with Crippen LogP contribution < -0.4 is 4.90 Å². The summed E-state index contributed by atoms with van der Waals surface area (Å²) in [6.07, 6.45) is 5.18. The van der Waals surface area contributed by atoms with Gasteiger partial charge in [-0.05, 0) is 26.0 Å². The number of nitrogens with zero attached hydrogens (tertiary/aromatic N) is 5. The van der Waals surface area contributed by atoms with Crippen LogP contribution >= 0.6 is 11.6 Å². The van der Waals surface area contributed by atoms with Crippen molar-refractivity contribution in [1.29, 1.82) is 0 Å². The third-order valence-electron chi connectivity index (χ3n) is 3.47. The van der Waals surface area contributed by atoms with E-state index in [0.717, 1.165) is 11.4 Å². The van der Waals surface area contributed by atoms with E-state index in [0.29, 0.717) is 18.0 Å². The van der Waals surface area contributed by atoms with Crippen LogP contribution in [0.25, 0.3) is 5.69 Å². The van der Waals surface area contributed by atoms with Crippen LogP contribution in [0.5, 0.6) is 0 Å². The predicted octanol–water partition coefficient (Wildman–Crippen LogP) is 2.81. The molecule has 124 valence electrons. The number of carbonyl (C=O) groups excluding carboxylic acids is 1. The summed E-state index contributed by atoms with van der Waals surface area (Å²) in [6.45, 7) is 4.15. The van der Waals surface area contributed by atoms with Crippen molar-refractivity contribution < 1.29 is 9.32 Å². The topological polar surface area (TPSA) is 77.0 Å². The molecule has 0 radical (unpaired) electrons. The molecule has 0 atom stereocenters. The minimum Gasteiger partial charge on any atom is -0.361 e. The lowest BCUT2D eigenvalue weighted by Crippen LogP contribution is -2.31. The van der Waals surface area contributed by atoms with Gasteiger partial charge in [-0.15, -0.1) is 0 Å². The lowest BCUT2D eigenvalue weighted by molar-refractivity contribution is -0.118. The number of hydrogen-bond acceptors (Lipinski definition) is 5. The molecular weight excluding hydrogens is 330 g/mol. The molecule has 0 aliphatic rings. The molecular formula is C16H16ClN5O2. The van der Waals surface area contributed by atoms with Gasteiger partial charge in [-0.2, -0.15) is 5.10 Å². The van der Waals surface area contributed by atoms with Gasteiger partial charge in [0.15, 0.2) is 5.15 Å². The minimum atomic E-state index is -0.138. The molecule has 0 fully saturated rings. The standard InChI is InChI=1S/C16H16ClN5O2/c1-3-21(15(23)8-13-7-11(2)20-24-13)14-10-22(19-16(14)17)12-5-4-6-18-9-12/h4-7,9-10H,3,8H2,1-2H3. The third-order valence-corrected chi connectivity index (χ3v) is 3.74. The number of aryl methyl sites for hydroxylation is 1. The first-order valence-electron chi connectivity index (χ1n) is 7.46. The maximum atomic E-state index is 12.6. The first-order chi connectivity index (χ1) is 11.6. The molecule has 0 spiro atoms. The Balaban J connectivity index is 1.85. The van der Waals surface area contributed by atoms with Crippen LogP contribution in [0, 0.1) is 6.92 Å². The number of likely N-dealkylation sites (N-methyl/N-ethyl adjacent to an activating group) is 1. The molecule has 3 aromatic rings. The Bertz CT molecular complexity index is 843. The zero-order valence-corrected chi connectivity index (χ0v) is 14.1. The van der Waals surface area contributed by atoms with E-state index in [1.807, 2.05) is 19.9 Å². The normalized spacial score (nSPS) is 10.8. The summed E-state index contributed by atoms with van der Waals surface area (Å²) in [5, 5.41) is 8.30. The second-order valence-corrected chi connectivity index (χ2v) is 5.57. The molecule has 1 amide bonds. The molecule has 0 bridgehead atoms. The first-order valence-corrected chi connectivity index (χ1v) is 7.84. The van der Waals surface area contributed by atoms with Crippen molar-refractivity contribution in [1.82, 2.24) is 19.9 Å². The average molecular weight is 346 g/mol. The van der Waals surface area contributed by atoms with Gasteiger partial charge in [0.1, 0.15) is 11.4 Å². The highest BCUT2D eigenvalue weighted by Crippen LogP contribution is 2.26. The summed E-state index contributed by atoms with van der Waals surface area (Å²) in [5.74, 6) is 0.382. The van der Waals surface area contributed by atoms with Crippen molar-refractivity contribution in [3.8, 4) is 5.69 Å². The lowest BCUT2D eigenvalue weighted by atomic mass is 10.2. The minimum absolute atomic E-state index is 0.114. The number of hydrogen-bond donors (Lipinski definition) is 0. The number of anilines is 1. The van der Waals surface area contributed by atoms with Crippen molar-refractivity contribution in [2.75, 3.05) is 11.4 Å². The molecule has 0 saturated carbocycles. The second kappa shape index (κ2) is 6.84. The molecule has 0 aliphatic heterocycles. The Hall–Kier alpha value is -2.67. The van der Waals surface area contributed by atoms with E-state index in [1.54, 1.807) is 40.3 Å². The molecule has 7 nitrogen and oxygen atoms in total. The average Bonchev–Trinajstić information content (AvgIpc) is 3.15. The van der Waals surface area contributed by atoms with Crippen molar-refractivity contribution in [3.63, 3.8) is 0 Å². The van der Waals surface area contributed by atoms with Gasteiger partial charge in [0.25, 0.3) is 0 Å². The van der Waals surface area contributed by atoms with E-state index in [4.69, 9.17) is 16.1 Å². The Morgan fingerprint density at radius 3 is 2.92 bits per heavy atom. The molecule has 0 unspecified atom stereocenters. The van der Waals surface area contributed by atoms with Gasteiger partial charge >= 0.3 is 0 Å². The number of halogens is 1. The number of amides is 1. The van der Waals surface area contributed by atoms with E-state index in [2.05, 4.69) is 15.2 Å². The first kappa shape index (κ1) is 16.2. The van der Waals surface area contributed by atoms with Crippen molar-refractivity contribution in [2.45, 2.75) is 20.3 Å². The van der Waals surface area contributed by atoms with Crippen molar-refractivity contribution >= 4 is 23.2 Å². The third kappa shape index (κ3) is 3.30. The molecule has 8 heteroatoms. The van der Waals surface area contributed by atoms with Gasteiger partial charge < -0.3 is 9.42 Å².